The first-order chi connectivity index (χ1) is 10.0. The van der Waals surface area contributed by atoms with E-state index < -0.39 is 9.84 Å². The van der Waals surface area contributed by atoms with Gasteiger partial charge in [-0.3, -0.25) is 0 Å². The zero-order valence-electron chi connectivity index (χ0n) is 12.5. The number of rotatable bonds is 8. The molecule has 1 aliphatic rings. The minimum absolute atomic E-state index is 0.109. The zero-order valence-corrected chi connectivity index (χ0v) is 14.1. The number of nitrogen functional groups attached to an aromatic ring is 1. The summed E-state index contributed by atoms with van der Waals surface area (Å²) in [5.74, 6) is 0.230. The molecule has 8 heteroatoms. The van der Waals surface area contributed by atoms with E-state index in [1.54, 1.807) is 0 Å². The number of nitrogens with zero attached hydrogens (tertiary/aromatic N) is 2. The second-order valence-electron chi connectivity index (χ2n) is 5.37. The fourth-order valence-electron chi connectivity index (χ4n) is 2.59. The minimum atomic E-state index is -3.33. The van der Waals surface area contributed by atoms with Gasteiger partial charge in [0.25, 0.3) is 0 Å². The Hall–Kier alpha value is -0.860. The van der Waals surface area contributed by atoms with Crippen molar-refractivity contribution >= 4 is 32.2 Å². The van der Waals surface area contributed by atoms with Crippen molar-refractivity contribution in [3.05, 3.63) is 0 Å². The van der Waals surface area contributed by atoms with E-state index in [2.05, 4.69) is 14.6 Å². The summed E-state index contributed by atoms with van der Waals surface area (Å²) in [6, 6.07) is 0. The Labute approximate surface area is 130 Å². The van der Waals surface area contributed by atoms with Gasteiger partial charge in [-0.1, -0.05) is 6.92 Å². The molecule has 0 spiro atoms. The molecule has 0 aromatic carbocycles. The number of aromatic nitrogens is 1. The van der Waals surface area contributed by atoms with Gasteiger partial charge >= 0.3 is 0 Å². The Kier molecular flexibility index (Phi) is 5.83. The number of likely N-dealkylation sites (tertiary alicyclic amines) is 1. The Balaban J connectivity index is 1.91. The van der Waals surface area contributed by atoms with Gasteiger partial charge in [0.1, 0.15) is 9.90 Å². The van der Waals surface area contributed by atoms with E-state index in [0.717, 1.165) is 31.0 Å². The van der Waals surface area contributed by atoms with E-state index in [-0.39, 0.29) is 16.5 Å². The van der Waals surface area contributed by atoms with Crippen molar-refractivity contribution in [2.24, 2.45) is 0 Å². The number of nitrogens with one attached hydrogen (secondary N) is 1. The molecule has 0 unspecified atom stereocenters. The van der Waals surface area contributed by atoms with E-state index in [1.165, 1.54) is 25.9 Å². The third kappa shape index (κ3) is 4.31. The molecule has 0 bridgehead atoms. The van der Waals surface area contributed by atoms with Crippen LogP contribution < -0.4 is 11.1 Å². The molecule has 6 nitrogen and oxygen atoms in total. The SMILES string of the molecule is CCCS(=O)(=O)c1c(N)nsc1NCCCN1CCCC1. The summed E-state index contributed by atoms with van der Waals surface area (Å²) in [5, 5.41) is 3.78. The first-order valence-electron chi connectivity index (χ1n) is 7.48. The minimum Gasteiger partial charge on any atom is -0.382 e. The van der Waals surface area contributed by atoms with Crippen LogP contribution in [-0.2, 0) is 9.84 Å². The average Bonchev–Trinajstić information content (AvgIpc) is 3.04. The van der Waals surface area contributed by atoms with Crippen LogP contribution in [0.3, 0.4) is 0 Å². The van der Waals surface area contributed by atoms with Crippen LogP contribution in [0.15, 0.2) is 4.90 Å². The predicted octanol–water partition coefficient (Wildman–Crippen LogP) is 1.81. The second-order valence-corrected chi connectivity index (χ2v) is 8.19. The third-order valence-electron chi connectivity index (χ3n) is 3.59. The van der Waals surface area contributed by atoms with E-state index in [9.17, 15) is 8.42 Å². The first-order valence-corrected chi connectivity index (χ1v) is 9.91. The molecule has 1 saturated heterocycles. The molecule has 1 aromatic heterocycles. The molecule has 21 heavy (non-hydrogen) atoms. The summed E-state index contributed by atoms with van der Waals surface area (Å²) in [6.45, 7) is 6.01. The molecule has 1 aromatic rings. The lowest BCUT2D eigenvalue weighted by molar-refractivity contribution is 0.337. The lowest BCUT2D eigenvalue weighted by Gasteiger charge is -2.14. The van der Waals surface area contributed by atoms with Crippen molar-refractivity contribution in [3.8, 4) is 0 Å². The predicted molar refractivity (Wildman–Crippen MR) is 87.7 cm³/mol. The summed E-state index contributed by atoms with van der Waals surface area (Å²) in [6.07, 6.45) is 4.15. The molecule has 2 rings (SSSR count). The van der Waals surface area contributed by atoms with Crippen LogP contribution in [0, 0.1) is 0 Å². The second kappa shape index (κ2) is 7.42. The number of nitrogens with two attached hydrogens (primary N) is 1. The van der Waals surface area contributed by atoms with Crippen LogP contribution in [0.5, 0.6) is 0 Å². The highest BCUT2D eigenvalue weighted by Gasteiger charge is 2.24. The van der Waals surface area contributed by atoms with Gasteiger partial charge in [0.2, 0.25) is 0 Å². The van der Waals surface area contributed by atoms with E-state index >= 15 is 0 Å². The maximum atomic E-state index is 12.2. The van der Waals surface area contributed by atoms with E-state index in [4.69, 9.17) is 5.73 Å². The van der Waals surface area contributed by atoms with Gasteiger partial charge in [-0.25, -0.2) is 8.42 Å². The summed E-state index contributed by atoms with van der Waals surface area (Å²) in [5.41, 5.74) is 5.73. The Morgan fingerprint density at radius 1 is 1.38 bits per heavy atom. The van der Waals surface area contributed by atoms with Crippen molar-refractivity contribution in [1.82, 2.24) is 9.27 Å². The average molecular weight is 332 g/mol. The van der Waals surface area contributed by atoms with Crippen LogP contribution >= 0.6 is 11.5 Å². The molecule has 0 radical (unpaired) electrons. The molecule has 3 N–H and O–H groups in total. The van der Waals surface area contributed by atoms with Gasteiger partial charge in [0.15, 0.2) is 15.7 Å². The zero-order chi connectivity index (χ0) is 15.3. The Bertz CT molecular complexity index is 551. The Morgan fingerprint density at radius 2 is 2.10 bits per heavy atom. The van der Waals surface area contributed by atoms with Crippen molar-refractivity contribution in [3.63, 3.8) is 0 Å². The molecule has 1 aliphatic heterocycles. The molecular formula is C13H24N4O2S2. The maximum Gasteiger partial charge on any atom is 0.185 e. The van der Waals surface area contributed by atoms with Crippen molar-refractivity contribution < 1.29 is 8.42 Å². The van der Waals surface area contributed by atoms with Gasteiger partial charge < -0.3 is 16.0 Å². The molecule has 0 amide bonds. The molecule has 0 saturated carbocycles. The van der Waals surface area contributed by atoms with E-state index in [1.807, 2.05) is 6.92 Å². The third-order valence-corrected chi connectivity index (χ3v) is 6.52. The highest BCUT2D eigenvalue weighted by molar-refractivity contribution is 7.91. The molecule has 0 atom stereocenters. The van der Waals surface area contributed by atoms with Crippen LogP contribution in [0.4, 0.5) is 10.8 Å². The monoisotopic (exact) mass is 332 g/mol. The molecular weight excluding hydrogens is 308 g/mol. The van der Waals surface area contributed by atoms with Gasteiger partial charge in [-0.05, 0) is 56.9 Å². The molecule has 120 valence electrons. The first kappa shape index (κ1) is 16.5. The smallest absolute Gasteiger partial charge is 0.185 e. The fourth-order valence-corrected chi connectivity index (χ4v) is 5.23. The standard InChI is InChI=1S/C13H24N4O2S2/c1-2-10-21(18,19)11-12(14)16-20-13(11)15-6-5-9-17-7-3-4-8-17/h15H,2-10H2,1H3,(H2,14,16). The van der Waals surface area contributed by atoms with Crippen molar-refractivity contribution in [2.45, 2.75) is 37.5 Å². The van der Waals surface area contributed by atoms with Gasteiger partial charge in [-0.2, -0.15) is 4.37 Å². The number of sulfone groups is 1. The van der Waals surface area contributed by atoms with Crippen LogP contribution in [0.2, 0.25) is 0 Å². The van der Waals surface area contributed by atoms with Crippen LogP contribution in [-0.4, -0.2) is 49.6 Å². The van der Waals surface area contributed by atoms with Crippen LogP contribution in [0.1, 0.15) is 32.6 Å². The van der Waals surface area contributed by atoms with Gasteiger partial charge in [0.05, 0.1) is 5.75 Å². The lowest BCUT2D eigenvalue weighted by Crippen LogP contribution is -2.22. The molecule has 2 heterocycles. The van der Waals surface area contributed by atoms with Crippen molar-refractivity contribution in [2.75, 3.05) is 43.0 Å². The number of anilines is 2. The van der Waals surface area contributed by atoms with Crippen molar-refractivity contribution in [1.29, 1.82) is 0 Å². The Morgan fingerprint density at radius 3 is 2.76 bits per heavy atom. The summed E-state index contributed by atoms with van der Waals surface area (Å²) >= 11 is 1.13. The normalized spacial score (nSPS) is 16.4. The van der Waals surface area contributed by atoms with Gasteiger partial charge in [-0.15, -0.1) is 0 Å². The topological polar surface area (TPSA) is 88.3 Å². The lowest BCUT2D eigenvalue weighted by atomic mass is 10.4. The quantitative estimate of drug-likeness (QED) is 0.706. The highest BCUT2D eigenvalue weighted by Crippen LogP contribution is 2.32. The molecule has 0 aliphatic carbocycles. The largest absolute Gasteiger partial charge is 0.382 e. The maximum absolute atomic E-state index is 12.2. The number of hydrogen-bond donors (Lipinski definition) is 2. The molecule has 1 fully saturated rings. The van der Waals surface area contributed by atoms with Crippen LogP contribution in [0.25, 0.3) is 0 Å². The summed E-state index contributed by atoms with van der Waals surface area (Å²) in [7, 11) is -3.33. The highest BCUT2D eigenvalue weighted by atomic mass is 32.2. The number of hydrogen-bond acceptors (Lipinski definition) is 7. The van der Waals surface area contributed by atoms with E-state index in [0.29, 0.717) is 11.4 Å². The summed E-state index contributed by atoms with van der Waals surface area (Å²) < 4.78 is 28.4. The summed E-state index contributed by atoms with van der Waals surface area (Å²) in [4.78, 5) is 2.63. The fraction of sp³-hybridized carbons (Fsp3) is 0.769. The van der Waals surface area contributed by atoms with Gasteiger partial charge in [0, 0.05) is 6.54 Å².